The summed E-state index contributed by atoms with van der Waals surface area (Å²) in [6.07, 6.45) is 10.2. The molecule has 0 aromatic rings. The highest BCUT2D eigenvalue weighted by Gasteiger charge is 2.32. The van der Waals surface area contributed by atoms with Gasteiger partial charge in [0.05, 0.1) is 5.92 Å². The summed E-state index contributed by atoms with van der Waals surface area (Å²) >= 11 is 0. The molecule has 0 aromatic carbocycles. The van der Waals surface area contributed by atoms with E-state index >= 15 is 0 Å². The van der Waals surface area contributed by atoms with Crippen LogP contribution in [0.3, 0.4) is 0 Å². The van der Waals surface area contributed by atoms with Crippen LogP contribution in [-0.2, 0) is 9.53 Å². The van der Waals surface area contributed by atoms with Gasteiger partial charge < -0.3 is 10.5 Å². The summed E-state index contributed by atoms with van der Waals surface area (Å²) in [6.45, 7) is 2.20. The number of carbonyl (C=O) groups excluding carboxylic acids is 1. The molecule has 2 aliphatic carbocycles. The van der Waals surface area contributed by atoms with Crippen LogP contribution in [-0.4, -0.2) is 18.1 Å². The average Bonchev–Trinajstić information content (AvgIpc) is 2.57. The monoisotopic (exact) mass is 253 g/mol. The van der Waals surface area contributed by atoms with Crippen molar-refractivity contribution >= 4 is 5.97 Å². The fourth-order valence-corrected chi connectivity index (χ4v) is 3.32. The SMILES string of the molecule is CC1CCCCC1OC(=O)C1CCCCCC1N. The zero-order chi connectivity index (χ0) is 13.0. The molecule has 2 aliphatic rings. The summed E-state index contributed by atoms with van der Waals surface area (Å²) in [5.41, 5.74) is 6.12. The van der Waals surface area contributed by atoms with Gasteiger partial charge in [-0.2, -0.15) is 0 Å². The molecule has 18 heavy (non-hydrogen) atoms. The fraction of sp³-hybridized carbons (Fsp3) is 0.933. The molecule has 0 spiro atoms. The van der Waals surface area contributed by atoms with Crippen molar-refractivity contribution in [3.8, 4) is 0 Å². The minimum atomic E-state index is -0.0540. The third-order valence-corrected chi connectivity index (χ3v) is 4.67. The lowest BCUT2D eigenvalue weighted by Crippen LogP contribution is -2.39. The number of nitrogens with two attached hydrogens (primary N) is 1. The van der Waals surface area contributed by atoms with Gasteiger partial charge in [-0.3, -0.25) is 4.79 Å². The second kappa shape index (κ2) is 6.55. The molecule has 0 amide bonds. The van der Waals surface area contributed by atoms with Gasteiger partial charge in [-0.15, -0.1) is 0 Å². The van der Waals surface area contributed by atoms with E-state index < -0.39 is 0 Å². The lowest BCUT2D eigenvalue weighted by atomic mass is 9.87. The molecular weight excluding hydrogens is 226 g/mol. The Kier molecular flexibility index (Phi) is 5.04. The third kappa shape index (κ3) is 3.47. The van der Waals surface area contributed by atoms with Gasteiger partial charge in [0.2, 0.25) is 0 Å². The molecule has 2 saturated carbocycles. The number of esters is 1. The van der Waals surface area contributed by atoms with Crippen LogP contribution in [0.4, 0.5) is 0 Å². The van der Waals surface area contributed by atoms with Gasteiger partial charge in [-0.25, -0.2) is 0 Å². The minimum Gasteiger partial charge on any atom is -0.462 e. The highest BCUT2D eigenvalue weighted by atomic mass is 16.5. The molecule has 104 valence electrons. The molecule has 3 heteroatoms. The second-order valence-electron chi connectivity index (χ2n) is 6.15. The van der Waals surface area contributed by atoms with E-state index in [1.165, 1.54) is 25.7 Å². The van der Waals surface area contributed by atoms with Crippen molar-refractivity contribution in [2.24, 2.45) is 17.6 Å². The van der Waals surface area contributed by atoms with Gasteiger partial charge in [0.15, 0.2) is 0 Å². The summed E-state index contributed by atoms with van der Waals surface area (Å²) in [4.78, 5) is 12.3. The van der Waals surface area contributed by atoms with Crippen molar-refractivity contribution in [3.63, 3.8) is 0 Å². The topological polar surface area (TPSA) is 52.3 Å². The predicted molar refractivity (Wildman–Crippen MR) is 72.1 cm³/mol. The van der Waals surface area contributed by atoms with Gasteiger partial charge in [-0.1, -0.05) is 32.6 Å². The summed E-state index contributed by atoms with van der Waals surface area (Å²) < 4.78 is 5.75. The lowest BCUT2D eigenvalue weighted by molar-refractivity contribution is -0.159. The number of hydrogen-bond acceptors (Lipinski definition) is 3. The molecular formula is C15H27NO2. The van der Waals surface area contributed by atoms with Gasteiger partial charge in [-0.05, 0) is 38.0 Å². The molecule has 0 aromatic heterocycles. The first-order valence-electron chi connectivity index (χ1n) is 7.64. The van der Waals surface area contributed by atoms with Crippen LogP contribution in [0.2, 0.25) is 0 Å². The van der Waals surface area contributed by atoms with Crippen LogP contribution in [0.25, 0.3) is 0 Å². The Morgan fingerprint density at radius 1 is 1.00 bits per heavy atom. The smallest absolute Gasteiger partial charge is 0.310 e. The van der Waals surface area contributed by atoms with Crippen LogP contribution in [0, 0.1) is 11.8 Å². The van der Waals surface area contributed by atoms with E-state index in [4.69, 9.17) is 10.5 Å². The van der Waals surface area contributed by atoms with Crippen molar-refractivity contribution < 1.29 is 9.53 Å². The van der Waals surface area contributed by atoms with Crippen LogP contribution < -0.4 is 5.73 Å². The fourth-order valence-electron chi connectivity index (χ4n) is 3.32. The molecule has 2 rings (SSSR count). The second-order valence-corrected chi connectivity index (χ2v) is 6.15. The number of carbonyl (C=O) groups is 1. The Morgan fingerprint density at radius 2 is 1.67 bits per heavy atom. The van der Waals surface area contributed by atoms with Crippen molar-refractivity contribution in [1.82, 2.24) is 0 Å². The molecule has 3 nitrogen and oxygen atoms in total. The zero-order valence-corrected chi connectivity index (χ0v) is 11.6. The Hall–Kier alpha value is -0.570. The van der Waals surface area contributed by atoms with Gasteiger partial charge >= 0.3 is 5.97 Å². The molecule has 4 atom stereocenters. The van der Waals surface area contributed by atoms with E-state index in [2.05, 4.69) is 6.92 Å². The van der Waals surface area contributed by atoms with E-state index in [-0.39, 0.29) is 24.0 Å². The van der Waals surface area contributed by atoms with E-state index in [1.54, 1.807) is 0 Å². The van der Waals surface area contributed by atoms with E-state index in [0.717, 1.165) is 32.1 Å². The number of hydrogen-bond donors (Lipinski definition) is 1. The zero-order valence-electron chi connectivity index (χ0n) is 11.6. The van der Waals surface area contributed by atoms with Crippen molar-refractivity contribution in [2.75, 3.05) is 0 Å². The van der Waals surface area contributed by atoms with Crippen molar-refractivity contribution in [3.05, 3.63) is 0 Å². The number of rotatable bonds is 2. The van der Waals surface area contributed by atoms with Crippen LogP contribution >= 0.6 is 0 Å². The van der Waals surface area contributed by atoms with Crippen LogP contribution in [0.1, 0.15) is 64.7 Å². The summed E-state index contributed by atoms with van der Waals surface area (Å²) in [6, 6.07) is 0.0129. The first-order valence-corrected chi connectivity index (χ1v) is 7.64. The molecule has 0 bridgehead atoms. The van der Waals surface area contributed by atoms with E-state index in [1.807, 2.05) is 0 Å². The molecule has 2 fully saturated rings. The highest BCUT2D eigenvalue weighted by molar-refractivity contribution is 5.73. The van der Waals surface area contributed by atoms with Crippen molar-refractivity contribution in [1.29, 1.82) is 0 Å². The number of ether oxygens (including phenoxy) is 1. The Morgan fingerprint density at radius 3 is 2.44 bits per heavy atom. The van der Waals surface area contributed by atoms with Crippen LogP contribution in [0.15, 0.2) is 0 Å². The predicted octanol–water partition coefficient (Wildman–Crippen LogP) is 3.02. The average molecular weight is 253 g/mol. The quantitative estimate of drug-likeness (QED) is 0.608. The Labute approximate surface area is 110 Å². The van der Waals surface area contributed by atoms with E-state index in [0.29, 0.717) is 5.92 Å². The maximum atomic E-state index is 12.3. The molecule has 4 unspecified atom stereocenters. The lowest BCUT2D eigenvalue weighted by Gasteiger charge is -2.30. The standard InChI is InChI=1S/C15H27NO2/c1-11-7-5-6-10-14(11)18-15(17)12-8-3-2-4-9-13(12)16/h11-14H,2-10,16H2,1H3. The first-order chi connectivity index (χ1) is 8.68. The third-order valence-electron chi connectivity index (χ3n) is 4.67. The molecule has 0 heterocycles. The van der Waals surface area contributed by atoms with Crippen molar-refractivity contribution in [2.45, 2.75) is 76.9 Å². The Balaban J connectivity index is 1.89. The van der Waals surface area contributed by atoms with E-state index in [9.17, 15) is 4.79 Å². The minimum absolute atomic E-state index is 0.0129. The molecule has 0 saturated heterocycles. The highest BCUT2D eigenvalue weighted by Crippen LogP contribution is 2.29. The normalized spacial score (nSPS) is 37.9. The van der Waals surface area contributed by atoms with Gasteiger partial charge in [0.1, 0.15) is 6.10 Å². The Bertz CT molecular complexity index is 280. The molecule has 0 radical (unpaired) electrons. The maximum absolute atomic E-state index is 12.3. The molecule has 0 aliphatic heterocycles. The maximum Gasteiger partial charge on any atom is 0.310 e. The summed E-state index contributed by atoms with van der Waals surface area (Å²) in [7, 11) is 0. The van der Waals surface area contributed by atoms with Gasteiger partial charge in [0, 0.05) is 6.04 Å². The largest absolute Gasteiger partial charge is 0.462 e. The summed E-state index contributed by atoms with van der Waals surface area (Å²) in [5.74, 6) is 0.439. The first kappa shape index (κ1) is 13.9. The van der Waals surface area contributed by atoms with Crippen LogP contribution in [0.5, 0.6) is 0 Å². The summed E-state index contributed by atoms with van der Waals surface area (Å²) in [5, 5.41) is 0. The van der Waals surface area contributed by atoms with Gasteiger partial charge in [0.25, 0.3) is 0 Å². The molecule has 2 N–H and O–H groups in total.